The lowest BCUT2D eigenvalue weighted by molar-refractivity contribution is -0.143. The fourth-order valence-corrected chi connectivity index (χ4v) is 1.95. The summed E-state index contributed by atoms with van der Waals surface area (Å²) < 4.78 is 10.1. The smallest absolute Gasteiger partial charge is 0.420 e. The topological polar surface area (TPSA) is 92.2 Å². The van der Waals surface area contributed by atoms with Crippen molar-refractivity contribution in [3.8, 4) is 5.75 Å². The molecule has 0 aliphatic heterocycles. The van der Waals surface area contributed by atoms with Crippen LogP contribution in [0.3, 0.4) is 0 Å². The molecule has 0 saturated heterocycles. The van der Waals surface area contributed by atoms with Gasteiger partial charge in [0.25, 0.3) is 0 Å². The third kappa shape index (κ3) is 4.26. The Kier molecular flexibility index (Phi) is 5.63. The first-order valence-corrected chi connectivity index (χ1v) is 6.90. The van der Waals surface area contributed by atoms with E-state index in [1.54, 1.807) is 36.4 Å². The van der Waals surface area contributed by atoms with Gasteiger partial charge in [0.05, 0.1) is 7.11 Å². The highest BCUT2D eigenvalue weighted by Crippen LogP contribution is 2.19. The monoisotopic (exact) mass is 312 g/mol. The Morgan fingerprint density at radius 3 is 2.39 bits per heavy atom. The van der Waals surface area contributed by atoms with Crippen LogP contribution in [-0.2, 0) is 16.1 Å². The van der Waals surface area contributed by atoms with E-state index in [2.05, 4.69) is 4.79 Å². The summed E-state index contributed by atoms with van der Waals surface area (Å²) in [4.78, 5) is 14.9. The van der Waals surface area contributed by atoms with Gasteiger partial charge in [-0.15, -0.1) is 0 Å². The fraction of sp³-hybridized carbons (Fsp3) is 0.176. The maximum Gasteiger partial charge on any atom is 0.420 e. The number of benzene rings is 2. The molecule has 1 N–H and O–H groups in total. The zero-order valence-electron chi connectivity index (χ0n) is 12.5. The van der Waals surface area contributed by atoms with Gasteiger partial charge in [-0.25, -0.2) is 4.79 Å². The van der Waals surface area contributed by atoms with E-state index in [9.17, 15) is 9.90 Å². The average Bonchev–Trinajstić information content (AvgIpc) is 2.61. The summed E-state index contributed by atoms with van der Waals surface area (Å²) in [6.45, 7) is 0.0219. The summed E-state index contributed by atoms with van der Waals surface area (Å²) in [6, 6.07) is 15.5. The molecule has 0 radical (unpaired) electrons. The van der Waals surface area contributed by atoms with Crippen molar-refractivity contribution < 1.29 is 24.2 Å². The van der Waals surface area contributed by atoms with Gasteiger partial charge in [-0.05, 0) is 23.3 Å². The largest absolute Gasteiger partial charge is 0.497 e. The van der Waals surface area contributed by atoms with E-state index in [0.29, 0.717) is 11.3 Å². The average molecular weight is 312 g/mol. The van der Waals surface area contributed by atoms with Crippen LogP contribution in [0.15, 0.2) is 54.6 Å². The van der Waals surface area contributed by atoms with E-state index in [-0.39, 0.29) is 6.61 Å². The number of ether oxygens (including phenoxy) is 2. The summed E-state index contributed by atoms with van der Waals surface area (Å²) in [5, 5.41) is 10.2. The third-order valence-electron chi connectivity index (χ3n) is 3.22. The number of methoxy groups -OCH3 is 1. The molecule has 2 rings (SSSR count). The highest BCUT2D eigenvalue weighted by atomic mass is 16.5. The molecule has 0 bridgehead atoms. The number of hydrogen-bond acceptors (Lipinski definition) is 4. The van der Waals surface area contributed by atoms with Crippen LogP contribution in [0, 0.1) is 0 Å². The molecular weight excluding hydrogens is 296 g/mol. The second-order valence-electron chi connectivity index (χ2n) is 4.72. The second-order valence-corrected chi connectivity index (χ2v) is 4.72. The predicted molar refractivity (Wildman–Crippen MR) is 82.8 cm³/mol. The summed E-state index contributed by atoms with van der Waals surface area (Å²) in [5.74, 6) is -0.283. The minimum absolute atomic E-state index is 0.0219. The molecule has 0 fully saturated rings. The molecule has 0 heterocycles. The molecule has 118 valence electrons. The number of esters is 1. The van der Waals surface area contributed by atoms with Crippen LogP contribution >= 0.6 is 0 Å². The van der Waals surface area contributed by atoms with Crippen molar-refractivity contribution in [1.82, 2.24) is 0 Å². The zero-order chi connectivity index (χ0) is 16.7. The van der Waals surface area contributed by atoms with Gasteiger partial charge in [-0.1, -0.05) is 42.5 Å². The van der Waals surface area contributed by atoms with Crippen molar-refractivity contribution in [1.29, 1.82) is 0 Å². The van der Waals surface area contributed by atoms with E-state index in [1.165, 1.54) is 7.11 Å². The van der Waals surface area contributed by atoms with Gasteiger partial charge in [-0.2, -0.15) is 4.79 Å². The maximum absolute atomic E-state index is 12.0. The Hall–Kier alpha value is -2.95. The van der Waals surface area contributed by atoms with Crippen LogP contribution in [0.25, 0.3) is 5.53 Å². The number of aliphatic hydroxyl groups excluding tert-OH is 1. The molecule has 0 amide bonds. The molecule has 0 spiro atoms. The molecule has 6 heteroatoms. The second kappa shape index (κ2) is 7.89. The number of rotatable bonds is 6. The number of aliphatic hydroxyl groups is 1. The molecular formula is C17H16N2O4. The fourth-order valence-electron chi connectivity index (χ4n) is 1.95. The van der Waals surface area contributed by atoms with Crippen LogP contribution < -0.4 is 4.74 Å². The van der Waals surface area contributed by atoms with E-state index in [1.807, 2.05) is 18.2 Å². The van der Waals surface area contributed by atoms with Crippen LogP contribution in [0.1, 0.15) is 17.2 Å². The van der Waals surface area contributed by atoms with E-state index in [4.69, 9.17) is 15.0 Å². The Labute approximate surface area is 133 Å². The first-order valence-electron chi connectivity index (χ1n) is 6.90. The molecule has 0 aromatic heterocycles. The lowest BCUT2D eigenvalue weighted by Gasteiger charge is -2.08. The maximum atomic E-state index is 12.0. The third-order valence-corrected chi connectivity index (χ3v) is 3.22. The summed E-state index contributed by atoms with van der Waals surface area (Å²) >= 11 is 0. The van der Waals surface area contributed by atoms with Crippen LogP contribution in [-0.4, -0.2) is 28.7 Å². The standard InChI is InChI=1S/C17H16N2O4/c1-22-14-9-7-13(8-10-14)16(20)15(19-18)17(21)23-11-12-5-3-2-4-6-12/h2-10,16,20H,11H2,1H3. The summed E-state index contributed by atoms with van der Waals surface area (Å²) in [5.41, 5.74) is 9.72. The number of carbonyl (C=O) groups excluding carboxylic acids is 1. The van der Waals surface area contributed by atoms with Gasteiger partial charge in [0.1, 0.15) is 12.4 Å². The Morgan fingerprint density at radius 2 is 1.83 bits per heavy atom. The van der Waals surface area contributed by atoms with Gasteiger partial charge in [-0.3, -0.25) is 0 Å². The van der Waals surface area contributed by atoms with Crippen molar-refractivity contribution in [2.75, 3.05) is 7.11 Å². The molecule has 0 saturated carbocycles. The van der Waals surface area contributed by atoms with Gasteiger partial charge in [0, 0.05) is 0 Å². The van der Waals surface area contributed by atoms with E-state index >= 15 is 0 Å². The lowest BCUT2D eigenvalue weighted by atomic mass is 10.1. The molecule has 2 aromatic carbocycles. The SMILES string of the molecule is COc1ccc(C(O)C(=[N+]=[N-])C(=O)OCc2ccccc2)cc1. The first-order chi connectivity index (χ1) is 11.2. The van der Waals surface area contributed by atoms with Crippen molar-refractivity contribution >= 4 is 11.7 Å². The molecule has 2 aromatic rings. The first kappa shape index (κ1) is 16.4. The van der Waals surface area contributed by atoms with E-state index < -0.39 is 17.8 Å². The molecule has 1 unspecified atom stereocenters. The zero-order valence-corrected chi connectivity index (χ0v) is 12.5. The van der Waals surface area contributed by atoms with Crippen molar-refractivity contribution in [2.45, 2.75) is 12.7 Å². The van der Waals surface area contributed by atoms with Crippen molar-refractivity contribution in [3.05, 3.63) is 71.3 Å². The molecule has 6 nitrogen and oxygen atoms in total. The van der Waals surface area contributed by atoms with Crippen LogP contribution in [0.4, 0.5) is 0 Å². The molecule has 23 heavy (non-hydrogen) atoms. The van der Waals surface area contributed by atoms with E-state index in [0.717, 1.165) is 5.56 Å². The Balaban J connectivity index is 2.05. The minimum atomic E-state index is -1.39. The highest BCUT2D eigenvalue weighted by molar-refractivity contribution is 6.35. The quantitative estimate of drug-likeness (QED) is 0.383. The minimum Gasteiger partial charge on any atom is -0.497 e. The Morgan fingerprint density at radius 1 is 1.17 bits per heavy atom. The normalized spacial score (nSPS) is 11.2. The highest BCUT2D eigenvalue weighted by Gasteiger charge is 2.32. The molecule has 0 aliphatic rings. The lowest BCUT2D eigenvalue weighted by Crippen LogP contribution is -2.25. The van der Waals surface area contributed by atoms with Gasteiger partial charge >= 0.3 is 11.7 Å². The van der Waals surface area contributed by atoms with Crippen molar-refractivity contribution in [3.63, 3.8) is 0 Å². The van der Waals surface area contributed by atoms with Crippen LogP contribution in [0.2, 0.25) is 0 Å². The van der Waals surface area contributed by atoms with Gasteiger partial charge in [0.15, 0.2) is 6.10 Å². The van der Waals surface area contributed by atoms with Gasteiger partial charge < -0.3 is 20.1 Å². The van der Waals surface area contributed by atoms with Crippen molar-refractivity contribution in [2.24, 2.45) is 0 Å². The molecule has 1 atom stereocenters. The number of nitrogens with zero attached hydrogens (tertiary/aromatic N) is 2. The number of carbonyl (C=O) groups is 1. The summed E-state index contributed by atoms with van der Waals surface area (Å²) in [7, 11) is 1.52. The number of hydrogen-bond donors (Lipinski definition) is 1. The van der Waals surface area contributed by atoms with Gasteiger partial charge in [0.2, 0.25) is 0 Å². The molecule has 0 aliphatic carbocycles. The van der Waals surface area contributed by atoms with Crippen LogP contribution in [0.5, 0.6) is 5.75 Å². The summed E-state index contributed by atoms with van der Waals surface area (Å²) in [6.07, 6.45) is -1.39. The predicted octanol–water partition coefficient (Wildman–Crippen LogP) is 2.14. The Bertz CT molecular complexity index is 707.